The Labute approximate surface area is 95.3 Å². The number of fused-ring (bicyclic) bond motifs is 1. The van der Waals surface area contributed by atoms with Crippen LogP contribution in [-0.4, -0.2) is 4.37 Å². The highest BCUT2D eigenvalue weighted by atomic mass is 32.1. The van der Waals surface area contributed by atoms with Crippen molar-refractivity contribution in [3.05, 3.63) is 29.5 Å². The fourth-order valence-electron chi connectivity index (χ4n) is 1.83. The van der Waals surface area contributed by atoms with E-state index in [1.807, 2.05) is 6.20 Å². The van der Waals surface area contributed by atoms with Crippen molar-refractivity contribution in [2.45, 2.75) is 39.5 Å². The lowest BCUT2D eigenvalue weighted by molar-refractivity contribution is 0.842. The van der Waals surface area contributed by atoms with E-state index in [9.17, 15) is 0 Å². The molecule has 1 nitrogen and oxygen atoms in total. The molecule has 0 fully saturated rings. The molecule has 0 aliphatic rings. The summed E-state index contributed by atoms with van der Waals surface area (Å²) >= 11 is 1.60. The second kappa shape index (κ2) is 3.93. The predicted molar refractivity (Wildman–Crippen MR) is 67.8 cm³/mol. The lowest BCUT2D eigenvalue weighted by Crippen LogP contribution is -1.93. The van der Waals surface area contributed by atoms with Gasteiger partial charge in [-0.15, -0.1) is 0 Å². The van der Waals surface area contributed by atoms with Crippen molar-refractivity contribution in [2.75, 3.05) is 0 Å². The zero-order valence-electron chi connectivity index (χ0n) is 9.74. The maximum atomic E-state index is 4.29. The van der Waals surface area contributed by atoms with Crippen LogP contribution >= 0.6 is 11.5 Å². The molecule has 2 heteroatoms. The molecule has 0 aliphatic heterocycles. The lowest BCUT2D eigenvalue weighted by atomic mass is 9.93. The van der Waals surface area contributed by atoms with Gasteiger partial charge < -0.3 is 0 Å². The number of hydrogen-bond acceptors (Lipinski definition) is 2. The number of aromatic nitrogens is 1. The minimum atomic E-state index is 0.572. The van der Waals surface area contributed by atoms with Gasteiger partial charge in [-0.2, -0.15) is 4.37 Å². The number of benzene rings is 1. The first-order valence-corrected chi connectivity index (χ1v) is 6.25. The van der Waals surface area contributed by atoms with E-state index in [-0.39, 0.29) is 0 Å². The van der Waals surface area contributed by atoms with Crippen molar-refractivity contribution in [3.8, 4) is 0 Å². The molecular formula is C13H17NS. The summed E-state index contributed by atoms with van der Waals surface area (Å²) in [5.74, 6) is 1.16. The van der Waals surface area contributed by atoms with E-state index in [2.05, 4.69) is 44.2 Å². The summed E-state index contributed by atoms with van der Waals surface area (Å²) in [7, 11) is 0. The Morgan fingerprint density at radius 3 is 2.40 bits per heavy atom. The van der Waals surface area contributed by atoms with Gasteiger partial charge in [0.25, 0.3) is 0 Å². The van der Waals surface area contributed by atoms with E-state index < -0.39 is 0 Å². The highest BCUT2D eigenvalue weighted by Crippen LogP contribution is 2.31. The summed E-state index contributed by atoms with van der Waals surface area (Å²) in [5.41, 5.74) is 2.86. The van der Waals surface area contributed by atoms with Gasteiger partial charge in [0.15, 0.2) is 0 Å². The third kappa shape index (κ3) is 1.91. The highest BCUT2D eigenvalue weighted by molar-refractivity contribution is 7.13. The molecule has 0 saturated heterocycles. The SMILES string of the molecule is CC(C)c1cc(C(C)C)c2cnsc2c1. The topological polar surface area (TPSA) is 12.9 Å². The first-order chi connectivity index (χ1) is 7.09. The van der Waals surface area contributed by atoms with E-state index >= 15 is 0 Å². The van der Waals surface area contributed by atoms with Crippen LogP contribution in [0.4, 0.5) is 0 Å². The first-order valence-electron chi connectivity index (χ1n) is 5.48. The van der Waals surface area contributed by atoms with Gasteiger partial charge in [-0.25, -0.2) is 0 Å². The van der Waals surface area contributed by atoms with Gasteiger partial charge in [-0.3, -0.25) is 0 Å². The maximum Gasteiger partial charge on any atom is 0.0555 e. The van der Waals surface area contributed by atoms with Gasteiger partial charge >= 0.3 is 0 Å². The molecule has 2 aromatic rings. The largest absolute Gasteiger partial charge is 0.200 e. The smallest absolute Gasteiger partial charge is 0.0555 e. The fourth-order valence-corrected chi connectivity index (χ4v) is 2.56. The molecule has 0 amide bonds. The average molecular weight is 219 g/mol. The van der Waals surface area contributed by atoms with Crippen LogP contribution in [0.5, 0.6) is 0 Å². The minimum absolute atomic E-state index is 0.572. The Kier molecular flexibility index (Phi) is 2.79. The molecule has 80 valence electrons. The predicted octanol–water partition coefficient (Wildman–Crippen LogP) is 4.54. The van der Waals surface area contributed by atoms with Gasteiger partial charge in [-0.1, -0.05) is 33.8 Å². The zero-order chi connectivity index (χ0) is 11.0. The Morgan fingerprint density at radius 2 is 1.80 bits per heavy atom. The molecule has 0 radical (unpaired) electrons. The Balaban J connectivity index is 2.69. The fraction of sp³-hybridized carbons (Fsp3) is 0.462. The molecule has 0 N–H and O–H groups in total. The maximum absolute atomic E-state index is 4.29. The van der Waals surface area contributed by atoms with Gasteiger partial charge in [0.2, 0.25) is 0 Å². The van der Waals surface area contributed by atoms with E-state index in [0.717, 1.165) is 0 Å². The number of hydrogen-bond donors (Lipinski definition) is 0. The van der Waals surface area contributed by atoms with E-state index in [1.54, 1.807) is 11.5 Å². The van der Waals surface area contributed by atoms with Crippen LogP contribution in [-0.2, 0) is 0 Å². The van der Waals surface area contributed by atoms with E-state index in [0.29, 0.717) is 11.8 Å². The molecule has 1 aromatic carbocycles. The summed E-state index contributed by atoms with van der Waals surface area (Å²) in [4.78, 5) is 0. The van der Waals surface area contributed by atoms with Crippen molar-refractivity contribution in [1.29, 1.82) is 0 Å². The lowest BCUT2D eigenvalue weighted by Gasteiger charge is -2.12. The normalized spacial score (nSPS) is 11.9. The molecule has 0 atom stereocenters. The highest BCUT2D eigenvalue weighted by Gasteiger charge is 2.10. The van der Waals surface area contributed by atoms with Gasteiger partial charge in [-0.05, 0) is 40.6 Å². The molecule has 15 heavy (non-hydrogen) atoms. The summed E-state index contributed by atoms with van der Waals surface area (Å²) in [6.07, 6.45) is 2.00. The van der Waals surface area contributed by atoms with Crippen LogP contribution in [0, 0.1) is 0 Å². The van der Waals surface area contributed by atoms with Crippen molar-refractivity contribution in [2.24, 2.45) is 0 Å². The summed E-state index contributed by atoms with van der Waals surface area (Å²) < 4.78 is 5.61. The number of rotatable bonds is 2. The molecule has 1 heterocycles. The molecule has 1 aromatic heterocycles. The van der Waals surface area contributed by atoms with Crippen LogP contribution in [0.3, 0.4) is 0 Å². The monoisotopic (exact) mass is 219 g/mol. The Morgan fingerprint density at radius 1 is 1.07 bits per heavy atom. The van der Waals surface area contributed by atoms with E-state index in [1.165, 1.54) is 21.2 Å². The van der Waals surface area contributed by atoms with Crippen LogP contribution in [0.15, 0.2) is 18.3 Å². The van der Waals surface area contributed by atoms with Gasteiger partial charge in [0, 0.05) is 11.6 Å². The zero-order valence-corrected chi connectivity index (χ0v) is 10.6. The first kappa shape index (κ1) is 10.6. The summed E-state index contributed by atoms with van der Waals surface area (Å²) in [6, 6.07) is 4.62. The number of nitrogens with zero attached hydrogens (tertiary/aromatic N) is 1. The van der Waals surface area contributed by atoms with Crippen molar-refractivity contribution in [1.82, 2.24) is 4.37 Å². The molecule has 0 bridgehead atoms. The van der Waals surface area contributed by atoms with Crippen molar-refractivity contribution >= 4 is 21.6 Å². The van der Waals surface area contributed by atoms with E-state index in [4.69, 9.17) is 0 Å². The quantitative estimate of drug-likeness (QED) is 0.722. The molecule has 0 aliphatic carbocycles. The van der Waals surface area contributed by atoms with Gasteiger partial charge in [0.05, 0.1) is 4.70 Å². The standard InChI is InChI=1S/C13H17NS/c1-8(2)10-5-11(9(3)4)12-7-14-15-13(12)6-10/h5-9H,1-4H3. The average Bonchev–Trinajstić information content (AvgIpc) is 2.62. The Bertz CT molecular complexity index is 468. The van der Waals surface area contributed by atoms with Gasteiger partial charge in [0.1, 0.15) is 0 Å². The molecule has 0 unspecified atom stereocenters. The Hall–Kier alpha value is -0.890. The van der Waals surface area contributed by atoms with Crippen LogP contribution in [0.1, 0.15) is 50.7 Å². The summed E-state index contributed by atoms with van der Waals surface area (Å²) in [5, 5.41) is 1.33. The minimum Gasteiger partial charge on any atom is -0.200 e. The molecule has 0 saturated carbocycles. The molecule has 2 rings (SSSR count). The van der Waals surface area contributed by atoms with Crippen LogP contribution < -0.4 is 0 Å². The second-order valence-corrected chi connectivity index (χ2v) is 5.49. The second-order valence-electron chi connectivity index (χ2n) is 4.66. The summed E-state index contributed by atoms with van der Waals surface area (Å²) in [6.45, 7) is 8.98. The van der Waals surface area contributed by atoms with Crippen molar-refractivity contribution in [3.63, 3.8) is 0 Å². The third-order valence-electron chi connectivity index (χ3n) is 2.82. The third-order valence-corrected chi connectivity index (χ3v) is 3.56. The van der Waals surface area contributed by atoms with Crippen molar-refractivity contribution < 1.29 is 0 Å². The van der Waals surface area contributed by atoms with Crippen LogP contribution in [0.2, 0.25) is 0 Å². The van der Waals surface area contributed by atoms with Crippen LogP contribution in [0.25, 0.3) is 10.1 Å². The molecular weight excluding hydrogens is 202 g/mol. The molecule has 0 spiro atoms.